The molecule has 0 aromatic heterocycles. The molecule has 0 aliphatic carbocycles. The lowest BCUT2D eigenvalue weighted by Gasteiger charge is -2.14. The summed E-state index contributed by atoms with van der Waals surface area (Å²) in [5.41, 5.74) is 6.92. The highest BCUT2D eigenvalue weighted by atomic mass is 16.5. The highest BCUT2D eigenvalue weighted by Crippen LogP contribution is 2.22. The van der Waals surface area contributed by atoms with Crippen LogP contribution in [0.5, 0.6) is 11.5 Å². The normalized spacial score (nSPS) is 10.2. The van der Waals surface area contributed by atoms with Crippen molar-refractivity contribution < 1.29 is 23.8 Å². The number of hydrazine groups is 1. The maximum absolute atomic E-state index is 12.4. The molecular formula is C21H26N2O5. The first-order valence-corrected chi connectivity index (χ1v) is 9.10. The fourth-order valence-corrected chi connectivity index (χ4v) is 2.53. The SMILES string of the molecule is CCOCCOc1ccccc1C(=O)NNC(=O)COc1c(C)cccc1C. The molecule has 0 bridgehead atoms. The number of hydrogen-bond acceptors (Lipinski definition) is 5. The van der Waals surface area contributed by atoms with Crippen LogP contribution in [0.15, 0.2) is 42.5 Å². The summed E-state index contributed by atoms with van der Waals surface area (Å²) in [5.74, 6) is 0.135. The van der Waals surface area contributed by atoms with E-state index in [1.54, 1.807) is 24.3 Å². The molecule has 0 saturated carbocycles. The third-order valence-corrected chi connectivity index (χ3v) is 3.89. The van der Waals surface area contributed by atoms with Crippen LogP contribution in [0.3, 0.4) is 0 Å². The van der Waals surface area contributed by atoms with Crippen LogP contribution < -0.4 is 20.3 Å². The Morgan fingerprint density at radius 2 is 1.61 bits per heavy atom. The fourth-order valence-electron chi connectivity index (χ4n) is 2.53. The van der Waals surface area contributed by atoms with Crippen LogP contribution in [0.2, 0.25) is 0 Å². The first-order chi connectivity index (χ1) is 13.5. The van der Waals surface area contributed by atoms with Crippen molar-refractivity contribution in [2.45, 2.75) is 20.8 Å². The first-order valence-electron chi connectivity index (χ1n) is 9.10. The lowest BCUT2D eigenvalue weighted by molar-refractivity contribution is -0.123. The molecule has 150 valence electrons. The van der Waals surface area contributed by atoms with Gasteiger partial charge in [-0.1, -0.05) is 30.3 Å². The molecule has 0 unspecified atom stereocenters. The van der Waals surface area contributed by atoms with Crippen LogP contribution in [0.25, 0.3) is 0 Å². The summed E-state index contributed by atoms with van der Waals surface area (Å²) in [4.78, 5) is 24.4. The lowest BCUT2D eigenvalue weighted by Crippen LogP contribution is -2.44. The number of carbonyl (C=O) groups excluding carboxylic acids is 2. The van der Waals surface area contributed by atoms with Crippen LogP contribution in [-0.2, 0) is 9.53 Å². The summed E-state index contributed by atoms with van der Waals surface area (Å²) in [6.07, 6.45) is 0. The minimum absolute atomic E-state index is 0.210. The molecule has 2 amide bonds. The molecule has 0 aliphatic rings. The molecule has 7 nitrogen and oxygen atoms in total. The third kappa shape index (κ3) is 6.28. The summed E-state index contributed by atoms with van der Waals surface area (Å²) in [6.45, 7) is 6.86. The number of nitrogens with one attached hydrogen (secondary N) is 2. The average Bonchev–Trinajstić information content (AvgIpc) is 2.69. The van der Waals surface area contributed by atoms with Crippen molar-refractivity contribution in [3.8, 4) is 11.5 Å². The van der Waals surface area contributed by atoms with Gasteiger partial charge in [0, 0.05) is 6.61 Å². The molecule has 0 heterocycles. The summed E-state index contributed by atoms with van der Waals surface area (Å²) < 4.78 is 16.4. The standard InChI is InChI=1S/C21H26N2O5/c1-4-26-12-13-27-18-11-6-5-10-17(18)21(25)23-22-19(24)14-28-20-15(2)8-7-9-16(20)3/h5-11H,4,12-14H2,1-3H3,(H,22,24)(H,23,25). The van der Waals surface area contributed by atoms with Crippen molar-refractivity contribution in [3.05, 3.63) is 59.2 Å². The van der Waals surface area contributed by atoms with E-state index in [1.807, 2.05) is 39.0 Å². The van der Waals surface area contributed by atoms with Gasteiger partial charge in [0.25, 0.3) is 11.8 Å². The Morgan fingerprint density at radius 3 is 2.32 bits per heavy atom. The van der Waals surface area contributed by atoms with Gasteiger partial charge in [0.05, 0.1) is 12.2 Å². The Labute approximate surface area is 165 Å². The maximum Gasteiger partial charge on any atom is 0.276 e. The van der Waals surface area contributed by atoms with E-state index in [4.69, 9.17) is 14.2 Å². The van der Waals surface area contributed by atoms with E-state index in [0.29, 0.717) is 36.9 Å². The molecule has 2 aromatic rings. The van der Waals surface area contributed by atoms with E-state index < -0.39 is 11.8 Å². The van der Waals surface area contributed by atoms with E-state index in [-0.39, 0.29) is 6.61 Å². The second-order valence-electron chi connectivity index (χ2n) is 6.05. The van der Waals surface area contributed by atoms with Crippen LogP contribution in [-0.4, -0.2) is 38.2 Å². The van der Waals surface area contributed by atoms with Gasteiger partial charge >= 0.3 is 0 Å². The molecule has 0 spiro atoms. The highest BCUT2D eigenvalue weighted by Gasteiger charge is 2.13. The van der Waals surface area contributed by atoms with Gasteiger partial charge in [0.15, 0.2) is 6.61 Å². The topological polar surface area (TPSA) is 85.9 Å². The van der Waals surface area contributed by atoms with Crippen molar-refractivity contribution in [1.29, 1.82) is 0 Å². The molecule has 0 fully saturated rings. The summed E-state index contributed by atoms with van der Waals surface area (Å²) in [6, 6.07) is 12.5. The monoisotopic (exact) mass is 386 g/mol. The number of ether oxygens (including phenoxy) is 3. The Bertz CT molecular complexity index is 787. The quantitative estimate of drug-likeness (QED) is 0.511. The Hall–Kier alpha value is -3.06. The van der Waals surface area contributed by atoms with Crippen molar-refractivity contribution in [1.82, 2.24) is 10.9 Å². The third-order valence-electron chi connectivity index (χ3n) is 3.89. The summed E-state index contributed by atoms with van der Waals surface area (Å²) >= 11 is 0. The maximum atomic E-state index is 12.4. The van der Waals surface area contributed by atoms with E-state index in [9.17, 15) is 9.59 Å². The molecule has 2 aromatic carbocycles. The van der Waals surface area contributed by atoms with Crippen molar-refractivity contribution >= 4 is 11.8 Å². The number of carbonyl (C=O) groups is 2. The highest BCUT2D eigenvalue weighted by molar-refractivity contribution is 5.97. The van der Waals surface area contributed by atoms with Crippen molar-refractivity contribution in [2.24, 2.45) is 0 Å². The molecule has 2 N–H and O–H groups in total. The van der Waals surface area contributed by atoms with Crippen molar-refractivity contribution in [2.75, 3.05) is 26.4 Å². The molecule has 0 aliphatic heterocycles. The number of para-hydroxylation sites is 2. The lowest BCUT2D eigenvalue weighted by atomic mass is 10.1. The van der Waals surface area contributed by atoms with Crippen molar-refractivity contribution in [3.63, 3.8) is 0 Å². The zero-order valence-electron chi connectivity index (χ0n) is 16.4. The summed E-state index contributed by atoms with van der Waals surface area (Å²) in [5, 5.41) is 0. The van der Waals surface area contributed by atoms with Crippen LogP contribution in [0.4, 0.5) is 0 Å². The first kappa shape index (κ1) is 21.2. The van der Waals surface area contributed by atoms with Gasteiger partial charge in [-0.15, -0.1) is 0 Å². The Kier molecular flexibility index (Phi) is 8.30. The average molecular weight is 386 g/mol. The molecule has 7 heteroatoms. The molecular weight excluding hydrogens is 360 g/mol. The predicted octanol–water partition coefficient (Wildman–Crippen LogP) is 2.56. The second kappa shape index (κ2) is 10.9. The van der Waals surface area contributed by atoms with E-state index in [1.165, 1.54) is 0 Å². The second-order valence-corrected chi connectivity index (χ2v) is 6.05. The number of amides is 2. The smallest absolute Gasteiger partial charge is 0.276 e. The van der Waals surface area contributed by atoms with Gasteiger partial charge < -0.3 is 14.2 Å². The number of rotatable bonds is 9. The predicted molar refractivity (Wildman–Crippen MR) is 105 cm³/mol. The molecule has 0 saturated heterocycles. The largest absolute Gasteiger partial charge is 0.490 e. The molecule has 28 heavy (non-hydrogen) atoms. The van der Waals surface area contributed by atoms with Gasteiger partial charge in [-0.25, -0.2) is 0 Å². The van der Waals surface area contributed by atoms with Crippen LogP contribution in [0.1, 0.15) is 28.4 Å². The molecule has 0 radical (unpaired) electrons. The van der Waals surface area contributed by atoms with Gasteiger partial charge in [-0.05, 0) is 44.0 Å². The number of hydrogen-bond donors (Lipinski definition) is 2. The molecule has 2 rings (SSSR count). The summed E-state index contributed by atoms with van der Waals surface area (Å²) in [7, 11) is 0. The van der Waals surface area contributed by atoms with Gasteiger partial charge in [0.1, 0.15) is 18.1 Å². The zero-order valence-corrected chi connectivity index (χ0v) is 16.4. The van der Waals surface area contributed by atoms with Crippen LogP contribution in [0, 0.1) is 13.8 Å². The van der Waals surface area contributed by atoms with E-state index in [2.05, 4.69) is 10.9 Å². The fraction of sp³-hybridized carbons (Fsp3) is 0.333. The van der Waals surface area contributed by atoms with Gasteiger partial charge in [-0.2, -0.15) is 0 Å². The van der Waals surface area contributed by atoms with E-state index in [0.717, 1.165) is 11.1 Å². The number of aryl methyl sites for hydroxylation is 2. The van der Waals surface area contributed by atoms with E-state index >= 15 is 0 Å². The van der Waals surface area contributed by atoms with Gasteiger partial charge in [-0.3, -0.25) is 20.4 Å². The number of benzene rings is 2. The molecule has 0 atom stereocenters. The zero-order chi connectivity index (χ0) is 20.4. The van der Waals surface area contributed by atoms with Crippen LogP contribution >= 0.6 is 0 Å². The van der Waals surface area contributed by atoms with Gasteiger partial charge in [0.2, 0.25) is 0 Å². The minimum Gasteiger partial charge on any atom is -0.490 e. The Morgan fingerprint density at radius 1 is 0.893 bits per heavy atom. The Balaban J connectivity index is 1.85. The minimum atomic E-state index is -0.479.